The maximum absolute atomic E-state index is 8.87. The van der Waals surface area contributed by atoms with Crippen molar-refractivity contribution in [2.45, 2.75) is 47.1 Å². The van der Waals surface area contributed by atoms with E-state index in [-0.39, 0.29) is 6.61 Å². The van der Waals surface area contributed by atoms with Gasteiger partial charge in [0.25, 0.3) is 0 Å². The van der Waals surface area contributed by atoms with Crippen molar-refractivity contribution in [2.24, 2.45) is 11.3 Å². The summed E-state index contributed by atoms with van der Waals surface area (Å²) in [6.07, 6.45) is 0.855. The summed E-state index contributed by atoms with van der Waals surface area (Å²) in [5.74, 6) is 0.592. The molecule has 0 radical (unpaired) electrons. The Morgan fingerprint density at radius 3 is 2.08 bits per heavy atom. The van der Waals surface area contributed by atoms with Gasteiger partial charge in [-0.3, -0.25) is 0 Å². The van der Waals surface area contributed by atoms with Crippen LogP contribution in [0.5, 0.6) is 0 Å². The number of aliphatic hydroxyl groups is 1. The van der Waals surface area contributed by atoms with Gasteiger partial charge in [0.05, 0.1) is 0 Å². The second-order valence-electron chi connectivity index (χ2n) is 5.30. The molecular weight excluding hydrogens is 162 g/mol. The molecule has 0 aromatic heterocycles. The third-order valence-electron chi connectivity index (χ3n) is 2.14. The summed E-state index contributed by atoms with van der Waals surface area (Å²) in [6.45, 7) is 12.3. The lowest BCUT2D eigenvalue weighted by Crippen LogP contribution is -2.39. The van der Waals surface area contributed by atoms with Gasteiger partial charge in [0.2, 0.25) is 0 Å². The van der Waals surface area contributed by atoms with Gasteiger partial charge in [-0.2, -0.15) is 0 Å². The molecule has 0 saturated carbocycles. The van der Waals surface area contributed by atoms with Crippen LogP contribution in [0.4, 0.5) is 0 Å². The molecule has 0 rings (SSSR count). The Morgan fingerprint density at radius 2 is 1.77 bits per heavy atom. The van der Waals surface area contributed by atoms with E-state index in [9.17, 15) is 0 Å². The van der Waals surface area contributed by atoms with E-state index in [1.807, 2.05) is 0 Å². The Hall–Kier alpha value is -0.0800. The van der Waals surface area contributed by atoms with E-state index < -0.39 is 0 Å². The third-order valence-corrected chi connectivity index (χ3v) is 2.14. The minimum absolute atomic E-state index is 0.278. The molecule has 0 aromatic carbocycles. The summed E-state index contributed by atoms with van der Waals surface area (Å²) in [4.78, 5) is 0. The molecule has 13 heavy (non-hydrogen) atoms. The minimum atomic E-state index is 0.278. The zero-order chi connectivity index (χ0) is 10.5. The van der Waals surface area contributed by atoms with Gasteiger partial charge in [0.15, 0.2) is 0 Å². The number of nitrogens with one attached hydrogen (secondary N) is 1. The van der Waals surface area contributed by atoms with Crippen molar-refractivity contribution in [2.75, 3.05) is 13.2 Å². The highest BCUT2D eigenvalue weighted by molar-refractivity contribution is 4.74. The van der Waals surface area contributed by atoms with Crippen LogP contribution in [0.15, 0.2) is 0 Å². The van der Waals surface area contributed by atoms with Crippen molar-refractivity contribution in [3.05, 3.63) is 0 Å². The van der Waals surface area contributed by atoms with Crippen LogP contribution in [0, 0.1) is 11.3 Å². The first-order valence-corrected chi connectivity index (χ1v) is 5.21. The molecule has 0 saturated heterocycles. The number of hydrogen-bond acceptors (Lipinski definition) is 2. The number of hydrogen-bond donors (Lipinski definition) is 2. The molecule has 0 heterocycles. The second kappa shape index (κ2) is 5.61. The molecule has 1 unspecified atom stereocenters. The van der Waals surface area contributed by atoms with E-state index in [1.54, 1.807) is 0 Å². The summed E-state index contributed by atoms with van der Waals surface area (Å²) in [5.41, 5.74) is 0.322. The van der Waals surface area contributed by atoms with Gasteiger partial charge in [-0.05, 0) is 17.8 Å². The predicted octanol–water partition coefficient (Wildman–Crippen LogP) is 2.03. The molecular formula is C11H25NO. The van der Waals surface area contributed by atoms with E-state index in [0.717, 1.165) is 13.0 Å². The van der Waals surface area contributed by atoms with Crippen LogP contribution in [0.25, 0.3) is 0 Å². The van der Waals surface area contributed by atoms with Crippen molar-refractivity contribution in [1.29, 1.82) is 0 Å². The van der Waals surface area contributed by atoms with Gasteiger partial charge in [-0.25, -0.2) is 0 Å². The smallest absolute Gasteiger partial charge is 0.0445 e. The Bertz CT molecular complexity index is 127. The highest BCUT2D eigenvalue weighted by Gasteiger charge is 2.16. The van der Waals surface area contributed by atoms with Crippen molar-refractivity contribution in [3.8, 4) is 0 Å². The van der Waals surface area contributed by atoms with Crippen LogP contribution >= 0.6 is 0 Å². The standard InChI is InChI=1S/C11H25NO/c1-9(2)10(6-7-13)12-8-11(3,4)5/h9-10,12-13H,6-8H2,1-5H3. The molecule has 0 aliphatic heterocycles. The summed E-state index contributed by atoms with van der Waals surface area (Å²) >= 11 is 0. The highest BCUT2D eigenvalue weighted by Crippen LogP contribution is 2.13. The van der Waals surface area contributed by atoms with Crippen LogP contribution in [0.1, 0.15) is 41.0 Å². The summed E-state index contributed by atoms with van der Waals surface area (Å²) in [7, 11) is 0. The molecule has 0 bridgehead atoms. The van der Waals surface area contributed by atoms with E-state index >= 15 is 0 Å². The summed E-state index contributed by atoms with van der Waals surface area (Å²) in [6, 6.07) is 0.448. The van der Waals surface area contributed by atoms with Gasteiger partial charge in [-0.1, -0.05) is 34.6 Å². The molecule has 0 aliphatic rings. The maximum atomic E-state index is 8.87. The molecule has 2 nitrogen and oxygen atoms in total. The first-order valence-electron chi connectivity index (χ1n) is 5.21. The van der Waals surface area contributed by atoms with Crippen LogP contribution in [0.3, 0.4) is 0 Å². The van der Waals surface area contributed by atoms with Crippen LogP contribution in [0.2, 0.25) is 0 Å². The molecule has 2 heteroatoms. The second-order valence-corrected chi connectivity index (χ2v) is 5.30. The Morgan fingerprint density at radius 1 is 1.23 bits per heavy atom. The molecule has 2 N–H and O–H groups in total. The van der Waals surface area contributed by atoms with Crippen molar-refractivity contribution in [3.63, 3.8) is 0 Å². The Balaban J connectivity index is 3.82. The lowest BCUT2D eigenvalue weighted by Gasteiger charge is -2.27. The molecule has 0 amide bonds. The monoisotopic (exact) mass is 187 g/mol. The topological polar surface area (TPSA) is 32.3 Å². The average molecular weight is 187 g/mol. The van der Waals surface area contributed by atoms with Crippen molar-refractivity contribution in [1.82, 2.24) is 5.32 Å². The SMILES string of the molecule is CC(C)C(CCO)NCC(C)(C)C. The Kier molecular flexibility index (Phi) is 5.57. The van der Waals surface area contributed by atoms with Crippen LogP contribution < -0.4 is 5.32 Å². The zero-order valence-corrected chi connectivity index (χ0v) is 9.72. The van der Waals surface area contributed by atoms with Crippen molar-refractivity contribution < 1.29 is 5.11 Å². The van der Waals surface area contributed by atoms with Gasteiger partial charge >= 0.3 is 0 Å². The summed E-state index contributed by atoms with van der Waals surface area (Å²) < 4.78 is 0. The molecule has 0 fully saturated rings. The fourth-order valence-electron chi connectivity index (χ4n) is 1.25. The fourth-order valence-corrected chi connectivity index (χ4v) is 1.25. The van der Waals surface area contributed by atoms with Crippen molar-refractivity contribution >= 4 is 0 Å². The zero-order valence-electron chi connectivity index (χ0n) is 9.72. The van der Waals surface area contributed by atoms with E-state index in [1.165, 1.54) is 0 Å². The van der Waals surface area contributed by atoms with E-state index in [4.69, 9.17) is 5.11 Å². The highest BCUT2D eigenvalue weighted by atomic mass is 16.3. The van der Waals surface area contributed by atoms with E-state index in [2.05, 4.69) is 39.9 Å². The van der Waals surface area contributed by atoms with Gasteiger partial charge in [0, 0.05) is 19.2 Å². The predicted molar refractivity (Wildman–Crippen MR) is 57.8 cm³/mol. The third kappa shape index (κ3) is 7.03. The first-order chi connectivity index (χ1) is 5.87. The summed E-state index contributed by atoms with van der Waals surface area (Å²) in [5, 5.41) is 12.4. The Labute approximate surface area is 82.7 Å². The van der Waals surface area contributed by atoms with Gasteiger partial charge < -0.3 is 10.4 Å². The van der Waals surface area contributed by atoms with Crippen LogP contribution in [-0.2, 0) is 0 Å². The quantitative estimate of drug-likeness (QED) is 0.690. The van der Waals surface area contributed by atoms with Crippen LogP contribution in [-0.4, -0.2) is 24.3 Å². The lowest BCUT2D eigenvalue weighted by molar-refractivity contribution is 0.231. The number of rotatable bonds is 5. The molecule has 0 aliphatic carbocycles. The fraction of sp³-hybridized carbons (Fsp3) is 1.00. The van der Waals surface area contributed by atoms with Gasteiger partial charge in [-0.15, -0.1) is 0 Å². The molecule has 0 spiro atoms. The normalized spacial score (nSPS) is 15.0. The lowest BCUT2D eigenvalue weighted by atomic mass is 9.94. The molecule has 0 aromatic rings. The molecule has 80 valence electrons. The first kappa shape index (κ1) is 12.9. The van der Waals surface area contributed by atoms with Gasteiger partial charge in [0.1, 0.15) is 0 Å². The van der Waals surface area contributed by atoms with E-state index in [0.29, 0.717) is 17.4 Å². The number of aliphatic hydroxyl groups excluding tert-OH is 1. The molecule has 1 atom stereocenters. The minimum Gasteiger partial charge on any atom is -0.396 e. The largest absolute Gasteiger partial charge is 0.396 e. The maximum Gasteiger partial charge on any atom is 0.0445 e. The average Bonchev–Trinajstić information content (AvgIpc) is 1.95.